The maximum atomic E-state index is 13.8. The molecule has 6 rings (SSSR count). The summed E-state index contributed by atoms with van der Waals surface area (Å²) in [6.07, 6.45) is 1.61. The van der Waals surface area contributed by atoms with Crippen LogP contribution >= 0.6 is 22.9 Å². The first kappa shape index (κ1) is 25.6. The van der Waals surface area contributed by atoms with Gasteiger partial charge in [-0.1, -0.05) is 77.5 Å². The topological polar surface area (TPSA) is 70.6 Å². The SMILES string of the molecule is O=C(c1ccc(S(=O)(=O)N2CCCc3ccccc32)cc1)N(Cc1ccccc1)c1nc2c(Cl)cccc2s1. The molecule has 0 bridgehead atoms. The number of aromatic nitrogens is 1. The lowest BCUT2D eigenvalue weighted by molar-refractivity contribution is 0.0985. The molecule has 0 radical (unpaired) electrons. The quantitative estimate of drug-likeness (QED) is 0.221. The third kappa shape index (κ3) is 4.91. The van der Waals surface area contributed by atoms with E-state index in [0.717, 1.165) is 28.7 Å². The summed E-state index contributed by atoms with van der Waals surface area (Å²) in [6, 6.07) is 29.0. The van der Waals surface area contributed by atoms with E-state index in [9.17, 15) is 13.2 Å². The molecule has 0 aliphatic carbocycles. The Balaban J connectivity index is 1.33. The number of aryl methyl sites for hydroxylation is 1. The van der Waals surface area contributed by atoms with Gasteiger partial charge in [-0.25, -0.2) is 13.4 Å². The zero-order valence-corrected chi connectivity index (χ0v) is 23.2. The van der Waals surface area contributed by atoms with Crippen molar-refractivity contribution in [2.75, 3.05) is 15.7 Å². The fourth-order valence-corrected chi connectivity index (χ4v) is 7.62. The Bertz CT molecular complexity index is 1770. The van der Waals surface area contributed by atoms with E-state index in [1.807, 2.05) is 66.7 Å². The minimum absolute atomic E-state index is 0.150. The number of amides is 1. The zero-order valence-electron chi connectivity index (χ0n) is 20.8. The highest BCUT2D eigenvalue weighted by molar-refractivity contribution is 7.92. The van der Waals surface area contributed by atoms with Gasteiger partial charge >= 0.3 is 0 Å². The lowest BCUT2D eigenvalue weighted by Gasteiger charge is -2.30. The van der Waals surface area contributed by atoms with Crippen molar-refractivity contribution in [1.82, 2.24) is 4.98 Å². The van der Waals surface area contributed by atoms with Gasteiger partial charge < -0.3 is 0 Å². The lowest BCUT2D eigenvalue weighted by Crippen LogP contribution is -2.35. The molecule has 6 nitrogen and oxygen atoms in total. The van der Waals surface area contributed by atoms with Crippen LogP contribution in [0, 0.1) is 0 Å². The highest BCUT2D eigenvalue weighted by Gasteiger charge is 2.29. The van der Waals surface area contributed by atoms with Gasteiger partial charge in [0.25, 0.3) is 15.9 Å². The van der Waals surface area contributed by atoms with E-state index < -0.39 is 10.0 Å². The Morgan fingerprint density at radius 2 is 1.67 bits per heavy atom. The number of carbonyl (C=O) groups is 1. The first-order chi connectivity index (χ1) is 18.9. The van der Waals surface area contributed by atoms with Crippen molar-refractivity contribution < 1.29 is 13.2 Å². The molecule has 0 spiro atoms. The molecule has 4 aromatic carbocycles. The number of rotatable bonds is 6. The highest BCUT2D eigenvalue weighted by Crippen LogP contribution is 2.35. The number of para-hydroxylation sites is 2. The van der Waals surface area contributed by atoms with E-state index in [1.165, 1.54) is 27.8 Å². The minimum atomic E-state index is -3.78. The number of sulfonamides is 1. The van der Waals surface area contributed by atoms with Gasteiger partial charge in [0.1, 0.15) is 5.52 Å². The highest BCUT2D eigenvalue weighted by atomic mass is 35.5. The van der Waals surface area contributed by atoms with Crippen LogP contribution in [0.5, 0.6) is 0 Å². The van der Waals surface area contributed by atoms with Crippen molar-refractivity contribution in [2.45, 2.75) is 24.3 Å². The second-order valence-electron chi connectivity index (χ2n) is 9.29. The van der Waals surface area contributed by atoms with Gasteiger partial charge in [0.05, 0.1) is 26.9 Å². The molecule has 2 heterocycles. The average molecular weight is 574 g/mol. The van der Waals surface area contributed by atoms with Crippen LogP contribution in [0.2, 0.25) is 5.02 Å². The Morgan fingerprint density at radius 1 is 0.923 bits per heavy atom. The lowest BCUT2D eigenvalue weighted by atomic mass is 10.0. The van der Waals surface area contributed by atoms with Crippen LogP contribution in [-0.4, -0.2) is 25.9 Å². The summed E-state index contributed by atoms with van der Waals surface area (Å²) in [4.78, 5) is 20.3. The molecule has 1 amide bonds. The van der Waals surface area contributed by atoms with Gasteiger partial charge in [0, 0.05) is 12.1 Å². The van der Waals surface area contributed by atoms with E-state index >= 15 is 0 Å². The minimum Gasteiger partial charge on any atom is -0.279 e. The van der Waals surface area contributed by atoms with Crippen molar-refractivity contribution in [3.8, 4) is 0 Å². The number of nitrogens with zero attached hydrogens (tertiary/aromatic N) is 3. The Morgan fingerprint density at radius 3 is 2.44 bits per heavy atom. The van der Waals surface area contributed by atoms with Gasteiger partial charge in [0.15, 0.2) is 5.13 Å². The monoisotopic (exact) mass is 573 g/mol. The van der Waals surface area contributed by atoms with E-state index in [4.69, 9.17) is 11.6 Å². The van der Waals surface area contributed by atoms with Crippen molar-refractivity contribution in [3.63, 3.8) is 0 Å². The van der Waals surface area contributed by atoms with Crippen LogP contribution in [0.1, 0.15) is 27.9 Å². The number of halogens is 1. The van der Waals surface area contributed by atoms with E-state index in [2.05, 4.69) is 4.98 Å². The van der Waals surface area contributed by atoms with Gasteiger partial charge in [-0.2, -0.15) is 0 Å². The molecule has 0 saturated carbocycles. The van der Waals surface area contributed by atoms with E-state index in [-0.39, 0.29) is 10.8 Å². The van der Waals surface area contributed by atoms with Crippen molar-refractivity contribution in [1.29, 1.82) is 0 Å². The smallest absolute Gasteiger partial charge is 0.264 e. The Labute approximate surface area is 236 Å². The van der Waals surface area contributed by atoms with Gasteiger partial charge in [-0.05, 0) is 66.4 Å². The molecule has 0 saturated heterocycles. The fourth-order valence-electron chi connectivity index (χ4n) is 4.81. The van der Waals surface area contributed by atoms with Gasteiger partial charge in [-0.3, -0.25) is 14.0 Å². The van der Waals surface area contributed by atoms with Gasteiger partial charge in [-0.15, -0.1) is 0 Å². The standard InChI is InChI=1S/C30H24ClN3O3S2/c31-25-12-6-14-27-28(25)32-30(38-27)33(20-21-8-2-1-3-9-21)29(35)23-15-17-24(18-16-23)39(36,37)34-19-7-11-22-10-4-5-13-26(22)34/h1-6,8-10,12-18H,7,11,19-20H2. The number of hydrogen-bond acceptors (Lipinski definition) is 5. The van der Waals surface area contributed by atoms with Crippen LogP contribution < -0.4 is 9.21 Å². The molecule has 1 aromatic heterocycles. The number of anilines is 2. The van der Waals surface area contributed by atoms with Crippen LogP contribution in [0.15, 0.2) is 102 Å². The number of fused-ring (bicyclic) bond motifs is 2. The molecule has 196 valence electrons. The molecule has 1 aliphatic rings. The third-order valence-corrected chi connectivity index (χ3v) is 9.95. The molecular formula is C30H24ClN3O3S2. The second kappa shape index (κ2) is 10.4. The van der Waals surface area contributed by atoms with Crippen LogP contribution in [0.4, 0.5) is 10.8 Å². The number of thiazole rings is 1. The number of benzene rings is 4. The predicted octanol–water partition coefficient (Wildman–Crippen LogP) is 6.94. The number of hydrogen-bond donors (Lipinski definition) is 0. The normalized spacial score (nSPS) is 13.3. The predicted molar refractivity (Wildman–Crippen MR) is 157 cm³/mol. The van der Waals surface area contributed by atoms with E-state index in [0.29, 0.717) is 40.0 Å². The number of carbonyl (C=O) groups excluding carboxylic acids is 1. The van der Waals surface area contributed by atoms with Crippen LogP contribution in [0.3, 0.4) is 0 Å². The Hall–Kier alpha value is -3.72. The molecular weight excluding hydrogens is 550 g/mol. The van der Waals surface area contributed by atoms with Crippen LogP contribution in [-0.2, 0) is 23.0 Å². The first-order valence-corrected chi connectivity index (χ1v) is 15.2. The first-order valence-electron chi connectivity index (χ1n) is 12.5. The molecule has 0 atom stereocenters. The largest absolute Gasteiger partial charge is 0.279 e. The molecule has 9 heteroatoms. The van der Waals surface area contributed by atoms with Gasteiger partial charge in [0.2, 0.25) is 0 Å². The summed E-state index contributed by atoms with van der Waals surface area (Å²) in [6.45, 7) is 0.729. The summed E-state index contributed by atoms with van der Waals surface area (Å²) in [5.41, 5.74) is 3.70. The molecule has 0 unspecified atom stereocenters. The fraction of sp³-hybridized carbons (Fsp3) is 0.133. The molecule has 0 fully saturated rings. The summed E-state index contributed by atoms with van der Waals surface area (Å²) in [7, 11) is -3.78. The Kier molecular flexibility index (Phi) is 6.85. The molecule has 1 aliphatic heterocycles. The van der Waals surface area contributed by atoms with E-state index in [1.54, 1.807) is 23.1 Å². The average Bonchev–Trinajstić information content (AvgIpc) is 3.41. The zero-order chi connectivity index (χ0) is 27.0. The third-order valence-electron chi connectivity index (χ3n) is 6.77. The molecule has 0 N–H and O–H groups in total. The summed E-state index contributed by atoms with van der Waals surface area (Å²) >= 11 is 7.76. The second-order valence-corrected chi connectivity index (χ2v) is 12.6. The summed E-state index contributed by atoms with van der Waals surface area (Å²) in [5, 5.41) is 1.05. The maximum Gasteiger partial charge on any atom is 0.264 e. The summed E-state index contributed by atoms with van der Waals surface area (Å²) in [5.74, 6) is -0.277. The summed E-state index contributed by atoms with van der Waals surface area (Å²) < 4.78 is 29.5. The molecule has 39 heavy (non-hydrogen) atoms. The van der Waals surface area contributed by atoms with Crippen molar-refractivity contribution in [2.24, 2.45) is 0 Å². The van der Waals surface area contributed by atoms with Crippen molar-refractivity contribution >= 4 is 59.9 Å². The molecule has 5 aromatic rings. The maximum absolute atomic E-state index is 13.8. The van der Waals surface area contributed by atoms with Crippen LogP contribution in [0.25, 0.3) is 10.2 Å². The van der Waals surface area contributed by atoms with Crippen molar-refractivity contribution in [3.05, 3.63) is 119 Å².